The van der Waals surface area contributed by atoms with Crippen molar-refractivity contribution in [3.05, 3.63) is 29.8 Å². The van der Waals surface area contributed by atoms with Crippen molar-refractivity contribution in [1.29, 1.82) is 0 Å². The number of hydrogen-bond acceptors (Lipinski definition) is 1. The Labute approximate surface area is 84.8 Å². The molecule has 0 aliphatic heterocycles. The van der Waals surface area contributed by atoms with Crippen molar-refractivity contribution >= 4 is 11.5 Å². The molecule has 76 valence electrons. The van der Waals surface area contributed by atoms with E-state index in [-0.39, 0.29) is 0 Å². The third kappa shape index (κ3) is 6.09. The van der Waals surface area contributed by atoms with E-state index < -0.39 is 0 Å². The lowest BCUT2D eigenvalue weighted by Gasteiger charge is -1.85. The molecular weight excluding hydrogens is 176 g/mol. The lowest BCUT2D eigenvalue weighted by Crippen LogP contribution is -1.93. The summed E-state index contributed by atoms with van der Waals surface area (Å²) in [6.07, 6.45) is 9.61. The molecule has 0 amide bonds. The minimum Gasteiger partial charge on any atom is -0.361 e. The van der Waals surface area contributed by atoms with Gasteiger partial charge in [-0.15, -0.1) is 0 Å². The molecule has 0 saturated heterocycles. The largest absolute Gasteiger partial charge is 0.361 e. The molecule has 1 rings (SSSR count). The Balaban J connectivity index is 0.000000255. The molecule has 0 heterocycles. The molecule has 0 bridgehead atoms. The zero-order valence-electron chi connectivity index (χ0n) is 8.73. The van der Waals surface area contributed by atoms with E-state index in [4.69, 9.17) is 5.53 Å². The molecule has 0 aromatic heterocycles. The fourth-order valence-electron chi connectivity index (χ4n) is 0.826. The van der Waals surface area contributed by atoms with Crippen LogP contribution in [0.4, 0.5) is 0 Å². The molecule has 14 heavy (non-hydrogen) atoms. The van der Waals surface area contributed by atoms with Gasteiger partial charge in [-0.05, 0) is 0 Å². The van der Waals surface area contributed by atoms with Crippen LogP contribution in [0.5, 0.6) is 0 Å². The predicted octanol–water partition coefficient (Wildman–Crippen LogP) is 2.55. The maximum atomic E-state index is 10.2. The third-order valence-electron chi connectivity index (χ3n) is 1.78. The quantitative estimate of drug-likeness (QED) is 0.490. The number of hydrogen-bond donors (Lipinski definition) is 0. The molecule has 0 aromatic carbocycles. The summed E-state index contributed by atoms with van der Waals surface area (Å²) in [5.41, 5.74) is 8.91. The smallest absolute Gasteiger partial charge is 0.295 e. The van der Waals surface area contributed by atoms with Crippen molar-refractivity contribution in [3.63, 3.8) is 0 Å². The highest BCUT2D eigenvalue weighted by atomic mass is 16.1. The van der Waals surface area contributed by atoms with E-state index in [9.17, 15) is 4.79 Å². The first-order valence-corrected chi connectivity index (χ1v) is 4.80. The molecule has 0 aromatic rings. The second kappa shape index (κ2) is 8.14. The highest BCUT2D eigenvalue weighted by Crippen LogP contribution is 1.94. The zero-order chi connectivity index (χ0) is 10.8. The first-order valence-electron chi connectivity index (χ1n) is 4.80. The maximum Gasteiger partial charge on any atom is 0.295 e. The molecule has 0 unspecified atom stereocenters. The standard InChI is InChI=1S/C6H6N2.C5H10O/c7-8-6-4-2-1-3-5-6;1-3-5(6)4-2/h1-4H,5H2;3-4H2,1-2H3. The molecule has 0 saturated carbocycles. The summed E-state index contributed by atoms with van der Waals surface area (Å²) in [4.78, 5) is 13.2. The van der Waals surface area contributed by atoms with Crippen molar-refractivity contribution in [3.8, 4) is 0 Å². The van der Waals surface area contributed by atoms with Crippen LogP contribution >= 0.6 is 0 Å². The number of allylic oxidation sites excluding steroid dienone is 4. The van der Waals surface area contributed by atoms with E-state index >= 15 is 0 Å². The fourth-order valence-corrected chi connectivity index (χ4v) is 0.826. The summed E-state index contributed by atoms with van der Waals surface area (Å²) >= 11 is 0. The van der Waals surface area contributed by atoms with E-state index in [1.807, 2.05) is 32.1 Å². The Morgan fingerprint density at radius 1 is 1.43 bits per heavy atom. The molecule has 0 atom stereocenters. The monoisotopic (exact) mass is 192 g/mol. The second-order valence-electron chi connectivity index (χ2n) is 2.83. The molecule has 0 radical (unpaired) electrons. The van der Waals surface area contributed by atoms with Gasteiger partial charge in [0.15, 0.2) is 0 Å². The number of carbonyl (C=O) groups excluding carboxylic acids is 1. The number of carbonyl (C=O) groups is 1. The van der Waals surface area contributed by atoms with Crippen LogP contribution in [-0.2, 0) is 4.79 Å². The molecule has 1 aliphatic rings. The highest BCUT2D eigenvalue weighted by Gasteiger charge is 1.99. The summed E-state index contributed by atoms with van der Waals surface area (Å²) in [6.45, 7) is 3.76. The summed E-state index contributed by atoms with van der Waals surface area (Å²) < 4.78 is 0. The Morgan fingerprint density at radius 2 is 2.07 bits per heavy atom. The maximum absolute atomic E-state index is 10.2. The second-order valence-corrected chi connectivity index (χ2v) is 2.83. The van der Waals surface area contributed by atoms with Gasteiger partial charge in [-0.25, -0.2) is 0 Å². The molecule has 0 spiro atoms. The third-order valence-corrected chi connectivity index (χ3v) is 1.78. The Morgan fingerprint density at radius 3 is 2.29 bits per heavy atom. The van der Waals surface area contributed by atoms with E-state index in [0.29, 0.717) is 24.3 Å². The van der Waals surface area contributed by atoms with Crippen LogP contribution < -0.4 is 0 Å². The summed E-state index contributed by atoms with van der Waals surface area (Å²) in [5.74, 6) is 0.343. The van der Waals surface area contributed by atoms with Crippen LogP contribution in [0.25, 0.3) is 5.53 Å². The van der Waals surface area contributed by atoms with Crippen molar-refractivity contribution < 1.29 is 9.58 Å². The number of nitrogens with zero attached hydrogens (tertiary/aromatic N) is 2. The molecular formula is C11H16N2O. The Bertz CT molecular complexity index is 278. The molecule has 1 aliphatic carbocycles. The van der Waals surface area contributed by atoms with Crippen molar-refractivity contribution in [2.75, 3.05) is 0 Å². The zero-order valence-corrected chi connectivity index (χ0v) is 8.73. The van der Waals surface area contributed by atoms with Crippen molar-refractivity contribution in [2.45, 2.75) is 33.1 Å². The Hall–Kier alpha value is -1.47. The van der Waals surface area contributed by atoms with Crippen LogP contribution in [0, 0.1) is 0 Å². The summed E-state index contributed by atoms with van der Waals surface area (Å²) in [6, 6.07) is 0. The average Bonchev–Trinajstić information content (AvgIpc) is 2.30. The Kier molecular flexibility index (Phi) is 7.29. The van der Waals surface area contributed by atoms with Crippen LogP contribution in [-0.4, -0.2) is 16.3 Å². The van der Waals surface area contributed by atoms with Crippen molar-refractivity contribution in [1.82, 2.24) is 0 Å². The fraction of sp³-hybridized carbons (Fsp3) is 0.455. The van der Waals surface area contributed by atoms with Gasteiger partial charge < -0.3 is 5.53 Å². The topological polar surface area (TPSA) is 53.5 Å². The van der Waals surface area contributed by atoms with E-state index in [1.165, 1.54) is 0 Å². The summed E-state index contributed by atoms with van der Waals surface area (Å²) in [5, 5.41) is 0. The first-order chi connectivity index (χ1) is 6.74. The summed E-state index contributed by atoms with van der Waals surface area (Å²) in [7, 11) is 0. The number of Topliss-reactive ketones (excluding diaryl/α,β-unsaturated/α-hetero) is 1. The van der Waals surface area contributed by atoms with Gasteiger partial charge in [0.25, 0.3) is 5.71 Å². The van der Waals surface area contributed by atoms with Gasteiger partial charge in [0, 0.05) is 18.9 Å². The molecule has 3 nitrogen and oxygen atoms in total. The van der Waals surface area contributed by atoms with Gasteiger partial charge in [0.2, 0.25) is 0 Å². The van der Waals surface area contributed by atoms with Crippen molar-refractivity contribution in [2.24, 2.45) is 0 Å². The normalized spacial score (nSPS) is 12.9. The van der Waals surface area contributed by atoms with Gasteiger partial charge >= 0.3 is 0 Å². The van der Waals surface area contributed by atoms with E-state index in [2.05, 4.69) is 4.79 Å². The van der Waals surface area contributed by atoms with E-state index in [1.54, 1.807) is 6.08 Å². The number of ketones is 1. The lowest BCUT2D eigenvalue weighted by atomic mass is 10.2. The van der Waals surface area contributed by atoms with Crippen LogP contribution in [0.1, 0.15) is 33.1 Å². The lowest BCUT2D eigenvalue weighted by molar-refractivity contribution is -0.118. The molecule has 3 heteroatoms. The van der Waals surface area contributed by atoms with Gasteiger partial charge in [0.1, 0.15) is 5.78 Å². The minimum absolute atomic E-state index is 0.343. The SMILES string of the molecule is CCC(=O)CC.[N-]=[N+]=C1C=CC=CC1. The van der Waals surface area contributed by atoms with E-state index in [0.717, 1.165) is 6.42 Å². The van der Waals surface area contributed by atoms with Gasteiger partial charge in [-0.2, -0.15) is 4.79 Å². The van der Waals surface area contributed by atoms with Crippen LogP contribution in [0.3, 0.4) is 0 Å². The number of rotatable bonds is 2. The predicted molar refractivity (Wildman–Crippen MR) is 57.1 cm³/mol. The van der Waals surface area contributed by atoms with Gasteiger partial charge in [0.05, 0.1) is 6.42 Å². The van der Waals surface area contributed by atoms with Crippen LogP contribution in [0.15, 0.2) is 24.3 Å². The van der Waals surface area contributed by atoms with Gasteiger partial charge in [-0.3, -0.25) is 4.79 Å². The van der Waals surface area contributed by atoms with Crippen LogP contribution in [0.2, 0.25) is 0 Å². The van der Waals surface area contributed by atoms with Gasteiger partial charge in [-0.1, -0.05) is 32.1 Å². The first kappa shape index (κ1) is 12.5. The molecule has 0 fully saturated rings. The average molecular weight is 192 g/mol. The minimum atomic E-state index is 0.343. The molecule has 0 N–H and O–H groups in total. The highest BCUT2D eigenvalue weighted by molar-refractivity contribution is 5.92.